The molecular formula is C20H28N2O5S. The van der Waals surface area contributed by atoms with Crippen molar-refractivity contribution in [1.82, 2.24) is 9.80 Å². The summed E-state index contributed by atoms with van der Waals surface area (Å²) in [7, 11) is -1.51. The lowest BCUT2D eigenvalue weighted by Crippen LogP contribution is -2.44. The minimum absolute atomic E-state index is 0.0361. The fourth-order valence-electron chi connectivity index (χ4n) is 4.07. The van der Waals surface area contributed by atoms with Gasteiger partial charge in [-0.25, -0.2) is 8.42 Å². The summed E-state index contributed by atoms with van der Waals surface area (Å²) in [5, 5.41) is 0. The van der Waals surface area contributed by atoms with E-state index in [9.17, 15) is 18.0 Å². The van der Waals surface area contributed by atoms with Gasteiger partial charge in [0.25, 0.3) is 0 Å². The van der Waals surface area contributed by atoms with Crippen LogP contribution in [0.2, 0.25) is 0 Å². The Balaban J connectivity index is 1.54. The van der Waals surface area contributed by atoms with Crippen molar-refractivity contribution in [2.75, 3.05) is 38.8 Å². The van der Waals surface area contributed by atoms with Gasteiger partial charge in [-0.1, -0.05) is 12.1 Å². The number of methoxy groups -OCH3 is 1. The van der Waals surface area contributed by atoms with E-state index < -0.39 is 9.84 Å². The Morgan fingerprint density at radius 1 is 1.18 bits per heavy atom. The van der Waals surface area contributed by atoms with Crippen LogP contribution in [-0.4, -0.2) is 68.8 Å². The van der Waals surface area contributed by atoms with Gasteiger partial charge in [-0.05, 0) is 30.5 Å². The number of likely N-dealkylation sites (tertiary alicyclic amines) is 2. The largest absolute Gasteiger partial charge is 0.497 e. The van der Waals surface area contributed by atoms with Gasteiger partial charge in [-0.3, -0.25) is 9.59 Å². The third-order valence-corrected chi connectivity index (χ3v) is 6.75. The van der Waals surface area contributed by atoms with Gasteiger partial charge in [0.15, 0.2) is 0 Å². The highest BCUT2D eigenvalue weighted by Gasteiger charge is 2.45. The van der Waals surface area contributed by atoms with Gasteiger partial charge >= 0.3 is 0 Å². The van der Waals surface area contributed by atoms with E-state index in [1.165, 1.54) is 0 Å². The quantitative estimate of drug-likeness (QED) is 0.712. The molecule has 1 aromatic carbocycles. The van der Waals surface area contributed by atoms with Gasteiger partial charge in [-0.15, -0.1) is 0 Å². The second-order valence-corrected chi connectivity index (χ2v) is 10.3. The van der Waals surface area contributed by atoms with Crippen LogP contribution in [0.1, 0.15) is 31.2 Å². The zero-order valence-electron chi connectivity index (χ0n) is 16.5. The lowest BCUT2D eigenvalue weighted by molar-refractivity contribution is -0.133. The number of rotatable bonds is 6. The molecule has 1 spiro atoms. The predicted molar refractivity (Wildman–Crippen MR) is 106 cm³/mol. The van der Waals surface area contributed by atoms with Crippen molar-refractivity contribution in [2.45, 2.75) is 32.2 Å². The molecule has 7 nitrogen and oxygen atoms in total. The minimum Gasteiger partial charge on any atom is -0.497 e. The third kappa shape index (κ3) is 5.04. The smallest absolute Gasteiger partial charge is 0.223 e. The Bertz CT molecular complexity index is 827. The maximum Gasteiger partial charge on any atom is 0.223 e. The molecule has 0 unspecified atom stereocenters. The number of carbonyl (C=O) groups is 2. The molecule has 0 aliphatic carbocycles. The summed E-state index contributed by atoms with van der Waals surface area (Å²) in [5.41, 5.74) is 0.997. The summed E-state index contributed by atoms with van der Waals surface area (Å²) < 4.78 is 27.7. The van der Waals surface area contributed by atoms with Crippen LogP contribution < -0.4 is 4.74 Å². The molecule has 0 aromatic heterocycles. The number of ether oxygens (including phenoxy) is 1. The normalized spacial score (nSPS) is 19.3. The number of nitrogens with zero attached hydrogens (tertiary/aromatic N) is 2. The predicted octanol–water partition coefficient (Wildman–Crippen LogP) is 1.47. The number of carbonyl (C=O) groups excluding carboxylic acids is 2. The van der Waals surface area contributed by atoms with Gasteiger partial charge in [0.05, 0.1) is 12.9 Å². The average Bonchev–Trinajstić information content (AvgIpc) is 2.95. The third-order valence-electron chi connectivity index (χ3n) is 5.80. The van der Waals surface area contributed by atoms with Gasteiger partial charge in [0, 0.05) is 50.7 Å². The van der Waals surface area contributed by atoms with Crippen LogP contribution >= 0.6 is 0 Å². The molecule has 3 rings (SSSR count). The Morgan fingerprint density at radius 2 is 1.82 bits per heavy atom. The maximum atomic E-state index is 12.6. The van der Waals surface area contributed by atoms with Crippen molar-refractivity contribution in [1.29, 1.82) is 0 Å². The second kappa shape index (κ2) is 8.11. The fraction of sp³-hybridized carbons (Fsp3) is 0.600. The lowest BCUT2D eigenvalue weighted by atomic mass is 9.77. The molecule has 28 heavy (non-hydrogen) atoms. The molecule has 8 heteroatoms. The number of piperidine rings is 1. The SMILES string of the molecule is COc1ccc(CN2CC3(CCN(C(=O)CCS(C)(=O)=O)CC3)CC2=O)cc1. The Hall–Kier alpha value is -2.09. The summed E-state index contributed by atoms with van der Waals surface area (Å²) in [6.45, 7) is 2.48. The standard InChI is InChI=1S/C20H28N2O5S/c1-27-17-5-3-16(4-6-17)14-22-15-20(13-19(22)24)8-10-21(11-9-20)18(23)7-12-28(2,25)26/h3-6H,7-15H2,1-2H3. The van der Waals surface area contributed by atoms with E-state index in [2.05, 4.69) is 0 Å². The summed E-state index contributed by atoms with van der Waals surface area (Å²) >= 11 is 0. The minimum atomic E-state index is -3.14. The highest BCUT2D eigenvalue weighted by molar-refractivity contribution is 7.90. The molecule has 2 aliphatic heterocycles. The first-order valence-electron chi connectivity index (χ1n) is 9.56. The van der Waals surface area contributed by atoms with E-state index in [-0.39, 0.29) is 29.4 Å². The van der Waals surface area contributed by atoms with Crippen molar-refractivity contribution in [3.63, 3.8) is 0 Å². The van der Waals surface area contributed by atoms with Crippen molar-refractivity contribution in [3.05, 3.63) is 29.8 Å². The Morgan fingerprint density at radius 3 is 2.39 bits per heavy atom. The molecule has 0 atom stereocenters. The molecule has 0 radical (unpaired) electrons. The van der Waals surface area contributed by atoms with Crippen LogP contribution in [0.3, 0.4) is 0 Å². The lowest BCUT2D eigenvalue weighted by Gasteiger charge is -2.38. The summed E-state index contributed by atoms with van der Waals surface area (Å²) in [5.74, 6) is 0.731. The van der Waals surface area contributed by atoms with E-state index in [0.29, 0.717) is 32.6 Å². The van der Waals surface area contributed by atoms with E-state index in [0.717, 1.165) is 30.4 Å². The maximum absolute atomic E-state index is 12.6. The number of sulfone groups is 1. The van der Waals surface area contributed by atoms with E-state index in [1.54, 1.807) is 12.0 Å². The highest BCUT2D eigenvalue weighted by Crippen LogP contribution is 2.41. The zero-order valence-corrected chi connectivity index (χ0v) is 17.3. The van der Waals surface area contributed by atoms with Gasteiger partial charge in [0.2, 0.25) is 11.8 Å². The van der Waals surface area contributed by atoms with E-state index in [4.69, 9.17) is 4.74 Å². The second-order valence-electron chi connectivity index (χ2n) is 8.04. The summed E-state index contributed by atoms with van der Waals surface area (Å²) in [6, 6.07) is 7.73. The topological polar surface area (TPSA) is 84.0 Å². The molecule has 0 saturated carbocycles. The monoisotopic (exact) mass is 408 g/mol. The number of benzene rings is 1. The molecule has 0 N–H and O–H groups in total. The van der Waals surface area contributed by atoms with E-state index in [1.807, 2.05) is 29.2 Å². The first-order valence-corrected chi connectivity index (χ1v) is 11.6. The zero-order chi connectivity index (χ0) is 20.4. The van der Waals surface area contributed by atoms with Crippen molar-refractivity contribution < 1.29 is 22.7 Å². The fourth-order valence-corrected chi connectivity index (χ4v) is 4.62. The number of hydrogen-bond acceptors (Lipinski definition) is 5. The first-order chi connectivity index (χ1) is 13.2. The molecule has 154 valence electrons. The van der Waals surface area contributed by atoms with Crippen molar-refractivity contribution >= 4 is 21.7 Å². The van der Waals surface area contributed by atoms with Crippen LogP contribution in [0.5, 0.6) is 5.75 Å². The van der Waals surface area contributed by atoms with Crippen molar-refractivity contribution in [2.24, 2.45) is 5.41 Å². The molecular weight excluding hydrogens is 380 g/mol. The van der Waals surface area contributed by atoms with Crippen LogP contribution in [0.25, 0.3) is 0 Å². The number of hydrogen-bond donors (Lipinski definition) is 0. The summed E-state index contributed by atoms with van der Waals surface area (Å²) in [6.07, 6.45) is 3.26. The van der Waals surface area contributed by atoms with Gasteiger partial charge in [0.1, 0.15) is 15.6 Å². The van der Waals surface area contributed by atoms with Crippen molar-refractivity contribution in [3.8, 4) is 5.75 Å². The molecule has 2 fully saturated rings. The number of amides is 2. The molecule has 2 amide bonds. The molecule has 2 aliphatic rings. The molecule has 0 bridgehead atoms. The summed E-state index contributed by atoms with van der Waals surface area (Å²) in [4.78, 5) is 28.5. The van der Waals surface area contributed by atoms with Crippen LogP contribution in [0.4, 0.5) is 0 Å². The Kier molecular flexibility index (Phi) is 5.98. The molecule has 2 saturated heterocycles. The first kappa shape index (κ1) is 20.6. The van der Waals surface area contributed by atoms with Crippen LogP contribution in [-0.2, 0) is 26.0 Å². The van der Waals surface area contributed by atoms with E-state index >= 15 is 0 Å². The van der Waals surface area contributed by atoms with Crippen LogP contribution in [0, 0.1) is 5.41 Å². The highest BCUT2D eigenvalue weighted by atomic mass is 32.2. The average molecular weight is 409 g/mol. The van der Waals surface area contributed by atoms with Crippen LogP contribution in [0.15, 0.2) is 24.3 Å². The Labute approximate surface area is 166 Å². The molecule has 1 aromatic rings. The van der Waals surface area contributed by atoms with Gasteiger partial charge < -0.3 is 14.5 Å². The van der Waals surface area contributed by atoms with Gasteiger partial charge in [-0.2, -0.15) is 0 Å². The molecule has 2 heterocycles.